The van der Waals surface area contributed by atoms with E-state index in [4.69, 9.17) is 4.74 Å². The second-order valence-electron chi connectivity index (χ2n) is 8.22. The van der Waals surface area contributed by atoms with Crippen molar-refractivity contribution in [2.24, 2.45) is 0 Å². The molecule has 0 radical (unpaired) electrons. The summed E-state index contributed by atoms with van der Waals surface area (Å²) in [5, 5.41) is 6.45. The number of rotatable bonds is 5. The zero-order valence-electron chi connectivity index (χ0n) is 16.5. The molecule has 2 N–H and O–H groups in total. The van der Waals surface area contributed by atoms with Gasteiger partial charge in [0.1, 0.15) is 5.60 Å². The molecule has 1 atom stereocenters. The van der Waals surface area contributed by atoms with E-state index in [1.807, 2.05) is 26.8 Å². The Hall–Kier alpha value is -2.49. The molecule has 0 spiro atoms. The monoisotopic (exact) mass is 366 g/mol. The second-order valence-corrected chi connectivity index (χ2v) is 8.22. The maximum absolute atomic E-state index is 11.9. The van der Waals surface area contributed by atoms with Gasteiger partial charge in [-0.05, 0) is 68.9 Å². The van der Waals surface area contributed by atoms with Gasteiger partial charge < -0.3 is 15.4 Å². The molecule has 1 amide bonds. The zero-order valence-corrected chi connectivity index (χ0v) is 16.5. The minimum absolute atomic E-state index is 0.337. The topological polar surface area (TPSA) is 50.4 Å². The van der Waals surface area contributed by atoms with Crippen molar-refractivity contribution in [3.63, 3.8) is 0 Å². The summed E-state index contributed by atoms with van der Waals surface area (Å²) in [6.45, 7) is 7.09. The number of fused-ring (bicyclic) bond motifs is 1. The van der Waals surface area contributed by atoms with Crippen LogP contribution < -0.4 is 10.6 Å². The Morgan fingerprint density at radius 1 is 1.15 bits per heavy atom. The molecule has 0 aliphatic heterocycles. The van der Waals surface area contributed by atoms with Crippen LogP contribution in [-0.4, -0.2) is 18.2 Å². The molecule has 3 rings (SSSR count). The average Bonchev–Trinajstić information content (AvgIpc) is 2.64. The largest absolute Gasteiger partial charge is 0.444 e. The van der Waals surface area contributed by atoms with Crippen LogP contribution in [0.2, 0.25) is 0 Å². The summed E-state index contributed by atoms with van der Waals surface area (Å²) >= 11 is 0. The number of carbonyl (C=O) groups excluding carboxylic acids is 1. The van der Waals surface area contributed by atoms with Gasteiger partial charge in [0.05, 0.1) is 0 Å². The Kier molecular flexibility index (Phi) is 6.04. The maximum Gasteiger partial charge on any atom is 0.407 e. The second kappa shape index (κ2) is 8.47. The van der Waals surface area contributed by atoms with E-state index in [-0.39, 0.29) is 6.09 Å². The standard InChI is InChI=1S/C23H30N2O2/c1-23(2,3)27-22(26)25-16-19-11-7-10-18-14-20(12-13-21(18)19)24-15-17-8-5-4-6-9-17/h4-6,8-9,12-14,19,24H,7,10-11,15-16H2,1-3H3,(H,25,26). The lowest BCUT2D eigenvalue weighted by molar-refractivity contribution is 0.0523. The zero-order chi connectivity index (χ0) is 19.3. The summed E-state index contributed by atoms with van der Waals surface area (Å²) in [5.74, 6) is 0.351. The molecule has 0 heterocycles. The number of anilines is 1. The van der Waals surface area contributed by atoms with Crippen LogP contribution in [0.3, 0.4) is 0 Å². The molecule has 144 valence electrons. The van der Waals surface area contributed by atoms with Crippen LogP contribution in [0, 0.1) is 0 Å². The van der Waals surface area contributed by atoms with Gasteiger partial charge in [0.25, 0.3) is 0 Å². The first kappa shape index (κ1) is 19.3. The summed E-state index contributed by atoms with van der Waals surface area (Å²) in [6, 6.07) is 17.0. The predicted molar refractivity (Wildman–Crippen MR) is 110 cm³/mol. The average molecular weight is 367 g/mol. The molecule has 4 nitrogen and oxygen atoms in total. The quantitative estimate of drug-likeness (QED) is 0.760. The molecule has 0 saturated carbocycles. The van der Waals surface area contributed by atoms with Crippen molar-refractivity contribution in [3.05, 3.63) is 65.2 Å². The van der Waals surface area contributed by atoms with E-state index in [1.54, 1.807) is 0 Å². The number of nitrogens with one attached hydrogen (secondary N) is 2. The van der Waals surface area contributed by atoms with Crippen molar-refractivity contribution in [2.75, 3.05) is 11.9 Å². The van der Waals surface area contributed by atoms with Gasteiger partial charge in [-0.3, -0.25) is 0 Å². The van der Waals surface area contributed by atoms with Crippen molar-refractivity contribution in [2.45, 2.75) is 58.1 Å². The Bertz CT molecular complexity index is 766. The Morgan fingerprint density at radius 3 is 2.67 bits per heavy atom. The first-order valence-corrected chi connectivity index (χ1v) is 9.78. The van der Waals surface area contributed by atoms with E-state index in [1.165, 1.54) is 16.7 Å². The van der Waals surface area contributed by atoms with Gasteiger partial charge in [-0.1, -0.05) is 36.4 Å². The summed E-state index contributed by atoms with van der Waals surface area (Å²) < 4.78 is 5.35. The Morgan fingerprint density at radius 2 is 1.93 bits per heavy atom. The van der Waals surface area contributed by atoms with Gasteiger partial charge in [0, 0.05) is 24.7 Å². The molecule has 0 aromatic heterocycles. The normalized spacial score (nSPS) is 16.3. The third kappa shape index (κ3) is 5.75. The van der Waals surface area contributed by atoms with Crippen LogP contribution in [0.5, 0.6) is 0 Å². The van der Waals surface area contributed by atoms with Crippen LogP contribution in [0.1, 0.15) is 56.2 Å². The number of aryl methyl sites for hydroxylation is 1. The van der Waals surface area contributed by atoms with Gasteiger partial charge in [-0.15, -0.1) is 0 Å². The van der Waals surface area contributed by atoms with Crippen LogP contribution in [0.4, 0.5) is 10.5 Å². The van der Waals surface area contributed by atoms with Gasteiger partial charge in [0.2, 0.25) is 0 Å². The molecular weight excluding hydrogens is 336 g/mol. The van der Waals surface area contributed by atoms with E-state index >= 15 is 0 Å². The van der Waals surface area contributed by atoms with Crippen molar-refractivity contribution in [1.29, 1.82) is 0 Å². The van der Waals surface area contributed by atoms with Crippen LogP contribution in [0.25, 0.3) is 0 Å². The molecule has 2 aromatic rings. The number of ether oxygens (including phenoxy) is 1. The van der Waals surface area contributed by atoms with Gasteiger partial charge >= 0.3 is 6.09 Å². The van der Waals surface area contributed by atoms with E-state index < -0.39 is 5.60 Å². The van der Waals surface area contributed by atoms with Crippen LogP contribution in [-0.2, 0) is 17.7 Å². The van der Waals surface area contributed by atoms with E-state index in [0.717, 1.165) is 31.5 Å². The molecule has 1 aliphatic carbocycles. The molecule has 0 fully saturated rings. The van der Waals surface area contributed by atoms with Crippen molar-refractivity contribution in [1.82, 2.24) is 5.32 Å². The third-order valence-corrected chi connectivity index (χ3v) is 4.81. The fraction of sp³-hybridized carbons (Fsp3) is 0.435. The minimum Gasteiger partial charge on any atom is -0.444 e. The first-order chi connectivity index (χ1) is 12.9. The SMILES string of the molecule is CC(C)(C)OC(=O)NCC1CCCc2cc(NCc3ccccc3)ccc21. The number of amides is 1. The Labute approximate surface area is 162 Å². The molecule has 1 unspecified atom stereocenters. The highest BCUT2D eigenvalue weighted by Gasteiger charge is 2.22. The van der Waals surface area contributed by atoms with Crippen LogP contribution in [0.15, 0.2) is 48.5 Å². The summed E-state index contributed by atoms with van der Waals surface area (Å²) in [4.78, 5) is 11.9. The summed E-state index contributed by atoms with van der Waals surface area (Å²) in [7, 11) is 0. The van der Waals surface area contributed by atoms with Gasteiger partial charge in [-0.2, -0.15) is 0 Å². The van der Waals surface area contributed by atoms with Crippen molar-refractivity contribution >= 4 is 11.8 Å². The molecule has 0 bridgehead atoms. The fourth-order valence-corrected chi connectivity index (χ4v) is 3.56. The first-order valence-electron chi connectivity index (χ1n) is 9.78. The van der Waals surface area contributed by atoms with Crippen molar-refractivity contribution < 1.29 is 9.53 Å². The number of hydrogen-bond acceptors (Lipinski definition) is 3. The highest BCUT2D eigenvalue weighted by molar-refractivity contribution is 5.67. The van der Waals surface area contributed by atoms with Gasteiger partial charge in [0.15, 0.2) is 0 Å². The number of benzene rings is 2. The van der Waals surface area contributed by atoms with Crippen molar-refractivity contribution in [3.8, 4) is 0 Å². The lowest BCUT2D eigenvalue weighted by Gasteiger charge is -2.27. The lowest BCUT2D eigenvalue weighted by Crippen LogP contribution is -2.35. The fourth-order valence-electron chi connectivity index (χ4n) is 3.56. The van der Waals surface area contributed by atoms with E-state index in [0.29, 0.717) is 12.5 Å². The van der Waals surface area contributed by atoms with E-state index in [2.05, 4.69) is 53.1 Å². The molecule has 1 aliphatic rings. The van der Waals surface area contributed by atoms with Gasteiger partial charge in [-0.25, -0.2) is 4.79 Å². The molecule has 27 heavy (non-hydrogen) atoms. The molecule has 4 heteroatoms. The van der Waals surface area contributed by atoms with Crippen LogP contribution >= 0.6 is 0 Å². The third-order valence-electron chi connectivity index (χ3n) is 4.81. The number of carbonyl (C=O) groups is 1. The Balaban J connectivity index is 1.60. The highest BCUT2D eigenvalue weighted by Crippen LogP contribution is 2.33. The summed E-state index contributed by atoms with van der Waals surface area (Å²) in [6.07, 6.45) is 3.00. The lowest BCUT2D eigenvalue weighted by atomic mass is 9.82. The van der Waals surface area contributed by atoms with E-state index in [9.17, 15) is 4.79 Å². The molecule has 2 aromatic carbocycles. The molecular formula is C23H30N2O2. The smallest absolute Gasteiger partial charge is 0.407 e. The maximum atomic E-state index is 11.9. The summed E-state index contributed by atoms with van der Waals surface area (Å²) in [5.41, 5.74) is 4.69. The molecule has 0 saturated heterocycles. The minimum atomic E-state index is -0.464. The number of hydrogen-bond donors (Lipinski definition) is 2. The predicted octanol–water partition coefficient (Wildman–Crippen LogP) is 5.24. The number of alkyl carbamates (subject to hydrolysis) is 1. The highest BCUT2D eigenvalue weighted by atomic mass is 16.6.